The fourth-order valence-corrected chi connectivity index (χ4v) is 4.48. The van der Waals surface area contributed by atoms with E-state index in [1.54, 1.807) is 28.9 Å². The van der Waals surface area contributed by atoms with Gasteiger partial charge >= 0.3 is 6.09 Å². The zero-order valence-electron chi connectivity index (χ0n) is 16.0. The summed E-state index contributed by atoms with van der Waals surface area (Å²) < 4.78 is 6.38. The van der Waals surface area contributed by atoms with E-state index < -0.39 is 5.60 Å². The number of amides is 1. The molecule has 0 unspecified atom stereocenters. The summed E-state index contributed by atoms with van der Waals surface area (Å²) in [7, 11) is 0. The van der Waals surface area contributed by atoms with Crippen LogP contribution in [0.4, 0.5) is 10.5 Å². The highest BCUT2D eigenvalue weighted by Crippen LogP contribution is 2.34. The van der Waals surface area contributed by atoms with Crippen LogP contribution in [0, 0.1) is 6.92 Å². The van der Waals surface area contributed by atoms with Gasteiger partial charge in [0, 0.05) is 22.8 Å². The van der Waals surface area contributed by atoms with E-state index in [0.29, 0.717) is 6.54 Å². The molecule has 3 rings (SSSR count). The van der Waals surface area contributed by atoms with Crippen LogP contribution in [-0.4, -0.2) is 28.4 Å². The summed E-state index contributed by atoms with van der Waals surface area (Å²) in [6.45, 7) is 8.91. The third-order valence-electron chi connectivity index (χ3n) is 3.86. The third kappa shape index (κ3) is 5.17. The van der Waals surface area contributed by atoms with E-state index in [4.69, 9.17) is 4.74 Å². The molecule has 0 spiro atoms. The number of anilines is 1. The zero-order chi connectivity index (χ0) is 19.4. The highest BCUT2D eigenvalue weighted by molar-refractivity contribution is 7.19. The van der Waals surface area contributed by atoms with Gasteiger partial charge in [0.05, 0.1) is 16.6 Å². The predicted molar refractivity (Wildman–Crippen MR) is 112 cm³/mol. The van der Waals surface area contributed by atoms with Crippen LogP contribution >= 0.6 is 22.7 Å². The quantitative estimate of drug-likeness (QED) is 0.620. The lowest BCUT2D eigenvalue weighted by atomic mass is 10.2. The van der Waals surface area contributed by atoms with Gasteiger partial charge in [-0.25, -0.2) is 4.79 Å². The Bertz CT molecular complexity index is 914. The zero-order valence-corrected chi connectivity index (χ0v) is 17.6. The van der Waals surface area contributed by atoms with Crippen LogP contribution in [0.5, 0.6) is 0 Å². The van der Waals surface area contributed by atoms with Gasteiger partial charge in [-0.1, -0.05) is 6.07 Å². The fraction of sp³-hybridized carbons (Fsp3) is 0.421. The normalized spacial score (nSPS) is 11.6. The van der Waals surface area contributed by atoms with E-state index in [-0.39, 0.29) is 6.09 Å². The van der Waals surface area contributed by atoms with Crippen molar-refractivity contribution < 1.29 is 9.53 Å². The molecule has 0 aliphatic carbocycles. The second kappa shape index (κ2) is 8.22. The molecule has 0 aromatic carbocycles. The van der Waals surface area contributed by atoms with Gasteiger partial charge in [0.1, 0.15) is 11.1 Å². The minimum Gasteiger partial charge on any atom is -0.444 e. The number of aryl methyl sites for hydroxylation is 1. The summed E-state index contributed by atoms with van der Waals surface area (Å²) in [5.41, 5.74) is 2.54. The van der Waals surface area contributed by atoms with Gasteiger partial charge < -0.3 is 15.4 Å². The van der Waals surface area contributed by atoms with Gasteiger partial charge in [0.25, 0.3) is 0 Å². The van der Waals surface area contributed by atoms with E-state index in [1.165, 1.54) is 9.75 Å². The van der Waals surface area contributed by atoms with Gasteiger partial charge in [-0.3, -0.25) is 0 Å². The third-order valence-corrected chi connectivity index (χ3v) is 6.11. The maximum absolute atomic E-state index is 11.8. The van der Waals surface area contributed by atoms with Crippen molar-refractivity contribution in [1.29, 1.82) is 0 Å². The Morgan fingerprint density at radius 2 is 2.15 bits per heavy atom. The average Bonchev–Trinajstić information content (AvgIpc) is 3.21. The summed E-state index contributed by atoms with van der Waals surface area (Å²) >= 11 is 3.43. The number of hydrogen-bond acceptors (Lipinski definition) is 7. The number of carbonyl (C=O) groups is 1. The molecule has 3 aromatic rings. The van der Waals surface area contributed by atoms with Gasteiger partial charge in [0.2, 0.25) is 0 Å². The number of fused-ring (bicyclic) bond motifs is 1. The van der Waals surface area contributed by atoms with Crippen LogP contribution < -0.4 is 10.6 Å². The molecule has 8 heteroatoms. The number of aromatic nitrogens is 2. The lowest BCUT2D eigenvalue weighted by Gasteiger charge is -2.19. The first-order valence-electron chi connectivity index (χ1n) is 8.80. The van der Waals surface area contributed by atoms with Gasteiger partial charge in [-0.15, -0.1) is 27.8 Å². The SMILES string of the molecule is Cc1c(CCNC(=O)OC(C)(C)C)sc2c(NCc3cccs3)cnnc12. The summed E-state index contributed by atoms with van der Waals surface area (Å²) in [5, 5.41) is 16.8. The first-order valence-corrected chi connectivity index (χ1v) is 10.5. The van der Waals surface area contributed by atoms with Gasteiger partial charge in [-0.2, -0.15) is 5.10 Å². The van der Waals surface area contributed by atoms with E-state index in [2.05, 4.69) is 39.2 Å². The molecule has 0 aliphatic rings. The Morgan fingerprint density at radius 1 is 1.33 bits per heavy atom. The molecule has 6 nitrogen and oxygen atoms in total. The predicted octanol–water partition coefficient (Wildman–Crippen LogP) is 4.74. The van der Waals surface area contributed by atoms with Crippen molar-refractivity contribution >= 4 is 44.7 Å². The molecular formula is C19H24N4O2S2. The van der Waals surface area contributed by atoms with E-state index in [1.807, 2.05) is 26.8 Å². The minimum absolute atomic E-state index is 0.389. The molecule has 0 atom stereocenters. The molecule has 144 valence electrons. The lowest BCUT2D eigenvalue weighted by molar-refractivity contribution is 0.0528. The Labute approximate surface area is 167 Å². The van der Waals surface area contributed by atoms with Crippen molar-refractivity contribution in [1.82, 2.24) is 15.5 Å². The first kappa shape index (κ1) is 19.6. The van der Waals surface area contributed by atoms with Crippen molar-refractivity contribution in [2.75, 3.05) is 11.9 Å². The molecule has 0 saturated heterocycles. The summed E-state index contributed by atoms with van der Waals surface area (Å²) in [6.07, 6.45) is 2.12. The summed E-state index contributed by atoms with van der Waals surface area (Å²) in [4.78, 5) is 14.3. The first-order chi connectivity index (χ1) is 12.8. The molecule has 1 amide bonds. The number of nitrogens with one attached hydrogen (secondary N) is 2. The van der Waals surface area contributed by atoms with E-state index >= 15 is 0 Å². The molecule has 0 fully saturated rings. The lowest BCUT2D eigenvalue weighted by Crippen LogP contribution is -2.33. The number of nitrogens with zero attached hydrogens (tertiary/aromatic N) is 2. The molecule has 0 radical (unpaired) electrons. The Morgan fingerprint density at radius 3 is 2.85 bits per heavy atom. The molecular weight excluding hydrogens is 380 g/mol. The fourth-order valence-electron chi connectivity index (χ4n) is 2.61. The number of hydrogen-bond donors (Lipinski definition) is 2. The number of rotatable bonds is 6. The van der Waals surface area contributed by atoms with E-state index in [9.17, 15) is 4.79 Å². The molecule has 2 N–H and O–H groups in total. The summed E-state index contributed by atoms with van der Waals surface area (Å²) in [6, 6.07) is 4.16. The Balaban J connectivity index is 1.67. The van der Waals surface area contributed by atoms with Crippen LogP contribution in [0.1, 0.15) is 36.1 Å². The number of ether oxygens (including phenoxy) is 1. The van der Waals surface area contributed by atoms with Crippen LogP contribution in [-0.2, 0) is 17.7 Å². The minimum atomic E-state index is -0.490. The largest absolute Gasteiger partial charge is 0.444 e. The topological polar surface area (TPSA) is 76.1 Å². The molecule has 3 heterocycles. The van der Waals surface area contributed by atoms with Crippen molar-refractivity contribution in [2.24, 2.45) is 0 Å². The highest BCUT2D eigenvalue weighted by atomic mass is 32.1. The molecule has 0 aliphatic heterocycles. The Kier molecular flexibility index (Phi) is 5.96. The smallest absolute Gasteiger partial charge is 0.407 e. The number of carbonyl (C=O) groups excluding carboxylic acids is 1. The maximum atomic E-state index is 11.8. The van der Waals surface area contributed by atoms with Crippen molar-refractivity contribution in [2.45, 2.75) is 46.3 Å². The van der Waals surface area contributed by atoms with Gasteiger partial charge in [-0.05, 0) is 51.1 Å². The van der Waals surface area contributed by atoms with Crippen LogP contribution in [0.3, 0.4) is 0 Å². The maximum Gasteiger partial charge on any atom is 0.407 e. The average molecular weight is 405 g/mol. The van der Waals surface area contributed by atoms with Crippen LogP contribution in [0.2, 0.25) is 0 Å². The van der Waals surface area contributed by atoms with Crippen molar-refractivity contribution in [3.05, 3.63) is 39.0 Å². The summed E-state index contributed by atoms with van der Waals surface area (Å²) in [5.74, 6) is 0. The number of alkyl carbamates (subject to hydrolysis) is 1. The molecule has 27 heavy (non-hydrogen) atoms. The Hall–Kier alpha value is -2.19. The highest BCUT2D eigenvalue weighted by Gasteiger charge is 2.17. The standard InChI is InChI=1S/C19H24N4O2S2/c1-12-15(7-8-20-18(24)25-19(2,3)4)27-17-14(11-22-23-16(12)17)21-10-13-6-5-9-26-13/h5-6,9,11H,7-8,10H2,1-4H3,(H,20,24)(H,21,23). The van der Waals surface area contributed by atoms with Crippen molar-refractivity contribution in [3.8, 4) is 0 Å². The van der Waals surface area contributed by atoms with E-state index in [0.717, 1.165) is 34.4 Å². The van der Waals surface area contributed by atoms with Crippen LogP contribution in [0.25, 0.3) is 10.2 Å². The molecule has 3 aromatic heterocycles. The second-order valence-electron chi connectivity index (χ2n) is 7.20. The second-order valence-corrected chi connectivity index (χ2v) is 9.34. The van der Waals surface area contributed by atoms with Crippen LogP contribution in [0.15, 0.2) is 23.7 Å². The molecule has 0 bridgehead atoms. The molecule has 0 saturated carbocycles. The monoisotopic (exact) mass is 404 g/mol. The van der Waals surface area contributed by atoms with Crippen molar-refractivity contribution in [3.63, 3.8) is 0 Å². The van der Waals surface area contributed by atoms with Gasteiger partial charge in [0.15, 0.2) is 0 Å². The number of thiophene rings is 2.